The Balaban J connectivity index is 1.86. The van der Waals surface area contributed by atoms with Gasteiger partial charge in [-0.3, -0.25) is 5.10 Å². The molecule has 6 heteroatoms. The first-order chi connectivity index (χ1) is 9.63. The van der Waals surface area contributed by atoms with Crippen molar-refractivity contribution in [2.75, 3.05) is 24.5 Å². The molecule has 3 rings (SSSR count). The van der Waals surface area contributed by atoms with E-state index in [4.69, 9.17) is 0 Å². The maximum absolute atomic E-state index is 4.65. The van der Waals surface area contributed by atoms with Crippen molar-refractivity contribution in [3.63, 3.8) is 0 Å². The Bertz CT molecular complexity index is 609. The highest BCUT2D eigenvalue weighted by molar-refractivity contribution is 9.10. The van der Waals surface area contributed by atoms with Crippen molar-refractivity contribution < 1.29 is 0 Å². The topological polar surface area (TPSA) is 56.8 Å². The lowest BCUT2D eigenvalue weighted by Gasteiger charge is -2.30. The zero-order chi connectivity index (χ0) is 14.1. The summed E-state index contributed by atoms with van der Waals surface area (Å²) in [6.07, 6.45) is 0. The molecule has 106 valence electrons. The Hall–Kier alpha value is -1.40. The van der Waals surface area contributed by atoms with E-state index < -0.39 is 0 Å². The molecule has 1 aromatic heterocycles. The van der Waals surface area contributed by atoms with Crippen molar-refractivity contribution in [1.82, 2.24) is 20.5 Å². The molecule has 0 unspecified atom stereocenters. The van der Waals surface area contributed by atoms with Gasteiger partial charge in [-0.2, -0.15) is 4.98 Å². The van der Waals surface area contributed by atoms with Crippen LogP contribution in [-0.4, -0.2) is 40.9 Å². The summed E-state index contributed by atoms with van der Waals surface area (Å²) in [5.74, 6) is 1.62. The Morgan fingerprint density at radius 2 is 2.25 bits per heavy atom. The van der Waals surface area contributed by atoms with Crippen LogP contribution in [0.1, 0.15) is 12.5 Å². The number of piperazine rings is 1. The molecule has 1 atom stereocenters. The van der Waals surface area contributed by atoms with Crippen molar-refractivity contribution in [3.05, 3.63) is 28.2 Å². The average Bonchev–Trinajstić information content (AvgIpc) is 2.88. The molecule has 20 heavy (non-hydrogen) atoms. The number of benzene rings is 1. The number of aryl methyl sites for hydroxylation is 1. The number of H-pyrrole nitrogens is 1. The summed E-state index contributed by atoms with van der Waals surface area (Å²) in [7, 11) is 0. The van der Waals surface area contributed by atoms with Crippen LogP contribution in [0.4, 0.5) is 5.95 Å². The van der Waals surface area contributed by atoms with Gasteiger partial charge in [0.2, 0.25) is 5.95 Å². The van der Waals surface area contributed by atoms with E-state index in [1.54, 1.807) is 0 Å². The molecular weight excluding hydrogens is 318 g/mol. The van der Waals surface area contributed by atoms with Crippen LogP contribution in [0.2, 0.25) is 0 Å². The Labute approximate surface area is 126 Å². The van der Waals surface area contributed by atoms with Gasteiger partial charge < -0.3 is 10.2 Å². The zero-order valence-electron chi connectivity index (χ0n) is 11.7. The summed E-state index contributed by atoms with van der Waals surface area (Å²) >= 11 is 3.48. The third-order valence-corrected chi connectivity index (χ3v) is 4.06. The second-order valence-corrected chi connectivity index (χ2v) is 6.16. The number of aromatic amines is 1. The maximum Gasteiger partial charge on any atom is 0.245 e. The monoisotopic (exact) mass is 335 g/mol. The highest BCUT2D eigenvalue weighted by Crippen LogP contribution is 2.24. The summed E-state index contributed by atoms with van der Waals surface area (Å²) in [5.41, 5.74) is 2.27. The van der Waals surface area contributed by atoms with Crippen LogP contribution in [-0.2, 0) is 0 Å². The second-order valence-electron chi connectivity index (χ2n) is 5.24. The molecule has 2 heterocycles. The second kappa shape index (κ2) is 5.54. The number of nitrogens with zero attached hydrogens (tertiary/aromatic N) is 3. The number of anilines is 1. The lowest BCUT2D eigenvalue weighted by atomic mass is 10.1. The maximum atomic E-state index is 4.65. The molecule has 0 aliphatic carbocycles. The van der Waals surface area contributed by atoms with E-state index in [2.05, 4.69) is 67.3 Å². The fraction of sp³-hybridized carbons (Fsp3) is 0.429. The summed E-state index contributed by atoms with van der Waals surface area (Å²) in [6.45, 7) is 7.12. The molecule has 0 spiro atoms. The highest BCUT2D eigenvalue weighted by atomic mass is 79.9. The third-order valence-electron chi connectivity index (χ3n) is 3.57. The van der Waals surface area contributed by atoms with E-state index in [-0.39, 0.29) is 0 Å². The van der Waals surface area contributed by atoms with Gasteiger partial charge in [-0.25, -0.2) is 0 Å². The van der Waals surface area contributed by atoms with E-state index >= 15 is 0 Å². The first kappa shape index (κ1) is 13.6. The molecule has 1 saturated heterocycles. The minimum absolute atomic E-state index is 0.472. The Morgan fingerprint density at radius 3 is 3.00 bits per heavy atom. The van der Waals surface area contributed by atoms with Crippen molar-refractivity contribution >= 4 is 21.9 Å². The smallest absolute Gasteiger partial charge is 0.245 e. The molecular formula is C14H18BrN5. The number of hydrogen-bond acceptors (Lipinski definition) is 4. The van der Waals surface area contributed by atoms with Crippen LogP contribution < -0.4 is 10.2 Å². The molecule has 2 aromatic rings. The van der Waals surface area contributed by atoms with Crippen molar-refractivity contribution in [3.8, 4) is 11.4 Å². The van der Waals surface area contributed by atoms with Crippen LogP contribution in [0.5, 0.6) is 0 Å². The quantitative estimate of drug-likeness (QED) is 0.884. The lowest BCUT2D eigenvalue weighted by molar-refractivity contribution is 0.480. The van der Waals surface area contributed by atoms with Crippen molar-refractivity contribution in [1.29, 1.82) is 0 Å². The van der Waals surface area contributed by atoms with Crippen LogP contribution in [0.3, 0.4) is 0 Å². The number of halogens is 1. The van der Waals surface area contributed by atoms with Gasteiger partial charge in [-0.15, -0.1) is 5.10 Å². The minimum atomic E-state index is 0.472. The molecule has 0 amide bonds. The van der Waals surface area contributed by atoms with E-state index in [0.717, 1.165) is 41.4 Å². The van der Waals surface area contributed by atoms with Gasteiger partial charge in [0.1, 0.15) is 0 Å². The molecule has 1 fully saturated rings. The fourth-order valence-electron chi connectivity index (χ4n) is 2.52. The summed E-state index contributed by atoms with van der Waals surface area (Å²) in [5, 5.41) is 10.8. The number of rotatable bonds is 2. The van der Waals surface area contributed by atoms with Gasteiger partial charge in [0, 0.05) is 35.7 Å². The summed E-state index contributed by atoms with van der Waals surface area (Å²) < 4.78 is 1.08. The number of nitrogens with one attached hydrogen (secondary N) is 2. The standard InChI is InChI=1S/C14H18BrN5/c1-9-7-11(15)3-4-12(9)13-17-14(19-18-13)20-6-5-16-10(2)8-20/h3-4,7,10,16H,5-6,8H2,1-2H3,(H,17,18,19)/t10-/m0/s1. The average molecular weight is 336 g/mol. The number of hydrogen-bond donors (Lipinski definition) is 2. The molecule has 0 bridgehead atoms. The highest BCUT2D eigenvalue weighted by Gasteiger charge is 2.19. The third kappa shape index (κ3) is 2.71. The molecule has 0 radical (unpaired) electrons. The van der Waals surface area contributed by atoms with Crippen LogP contribution in [0, 0.1) is 6.92 Å². The SMILES string of the molecule is Cc1cc(Br)ccc1-c1nc(N2CCN[C@@H](C)C2)n[nH]1. The minimum Gasteiger partial charge on any atom is -0.337 e. The Morgan fingerprint density at radius 1 is 1.40 bits per heavy atom. The van der Waals surface area contributed by atoms with Crippen molar-refractivity contribution in [2.24, 2.45) is 0 Å². The molecule has 1 aromatic carbocycles. The van der Waals surface area contributed by atoms with Gasteiger partial charge in [0.15, 0.2) is 5.82 Å². The predicted octanol–water partition coefficient (Wildman–Crippen LogP) is 2.34. The predicted molar refractivity (Wildman–Crippen MR) is 83.9 cm³/mol. The van der Waals surface area contributed by atoms with Gasteiger partial charge in [-0.1, -0.05) is 15.9 Å². The van der Waals surface area contributed by atoms with Gasteiger partial charge in [0.25, 0.3) is 0 Å². The molecule has 1 aliphatic rings. The lowest BCUT2D eigenvalue weighted by Crippen LogP contribution is -2.49. The van der Waals surface area contributed by atoms with E-state index in [1.807, 2.05) is 6.07 Å². The summed E-state index contributed by atoms with van der Waals surface area (Å²) in [4.78, 5) is 6.86. The van der Waals surface area contributed by atoms with Gasteiger partial charge in [-0.05, 0) is 37.6 Å². The van der Waals surface area contributed by atoms with E-state index in [1.165, 1.54) is 5.56 Å². The van der Waals surface area contributed by atoms with Crippen LogP contribution in [0.25, 0.3) is 11.4 Å². The van der Waals surface area contributed by atoms with Gasteiger partial charge >= 0.3 is 0 Å². The van der Waals surface area contributed by atoms with Crippen molar-refractivity contribution in [2.45, 2.75) is 19.9 Å². The zero-order valence-corrected chi connectivity index (χ0v) is 13.2. The molecule has 5 nitrogen and oxygen atoms in total. The first-order valence-corrected chi connectivity index (χ1v) is 7.60. The Kier molecular flexibility index (Phi) is 3.76. The van der Waals surface area contributed by atoms with Gasteiger partial charge in [0.05, 0.1) is 0 Å². The summed E-state index contributed by atoms with van der Waals surface area (Å²) in [6, 6.07) is 6.64. The number of aromatic nitrogens is 3. The van der Waals surface area contributed by atoms with Crippen LogP contribution in [0.15, 0.2) is 22.7 Å². The van der Waals surface area contributed by atoms with Crippen LogP contribution >= 0.6 is 15.9 Å². The fourth-order valence-corrected chi connectivity index (χ4v) is 3.00. The van der Waals surface area contributed by atoms with E-state index in [0.29, 0.717) is 6.04 Å². The molecule has 2 N–H and O–H groups in total. The normalized spacial score (nSPS) is 19.4. The largest absolute Gasteiger partial charge is 0.337 e. The first-order valence-electron chi connectivity index (χ1n) is 6.81. The molecule has 0 saturated carbocycles. The van der Waals surface area contributed by atoms with E-state index in [9.17, 15) is 0 Å². The molecule has 1 aliphatic heterocycles.